The van der Waals surface area contributed by atoms with Gasteiger partial charge in [0, 0.05) is 38.2 Å². The summed E-state index contributed by atoms with van der Waals surface area (Å²) in [6.45, 7) is -0.272. The van der Waals surface area contributed by atoms with Crippen LogP contribution in [0.25, 0.3) is 0 Å². The van der Waals surface area contributed by atoms with Crippen molar-refractivity contribution in [2.24, 2.45) is 0 Å². The van der Waals surface area contributed by atoms with Crippen molar-refractivity contribution in [3.63, 3.8) is 0 Å². The Hall–Kier alpha value is -4.85. The third kappa shape index (κ3) is 6.38. The van der Waals surface area contributed by atoms with Crippen molar-refractivity contribution >= 4 is 11.5 Å². The number of nitrogens with zero attached hydrogens (tertiary/aromatic N) is 4. The summed E-state index contributed by atoms with van der Waals surface area (Å²) in [7, 11) is 0. The Balaban J connectivity index is 1.61. The number of nitrogens with one attached hydrogen (secondary N) is 1. The molecular weight excluding hydrogens is 562 g/mol. The minimum atomic E-state index is -4.92. The molecule has 0 spiro atoms. The van der Waals surface area contributed by atoms with Gasteiger partial charge in [0.05, 0.1) is 6.54 Å². The van der Waals surface area contributed by atoms with Gasteiger partial charge in [0.1, 0.15) is 28.8 Å². The second-order valence-electron chi connectivity index (χ2n) is 9.35. The van der Waals surface area contributed by atoms with E-state index in [2.05, 4.69) is 15.0 Å². The molecule has 5 rings (SSSR count). The van der Waals surface area contributed by atoms with E-state index in [0.29, 0.717) is 11.1 Å². The zero-order valence-electron chi connectivity index (χ0n) is 21.9. The fourth-order valence-corrected chi connectivity index (χ4v) is 4.56. The number of aliphatic hydroxyl groups is 1. The standard InChI is InChI=1S/C28H25F4N5O5/c29-20-7-5-18(6-8-20)16-36-23-24(34-26(36)41-21-3-1-4-22(15-21)42-28(30,31)32)37(17-19-9-11-33-12-10-19)27(40)35(25(23)39)13-2-14-38/h1,3-12,15,26,34,38H,2,13-14,16-17H2. The average molecular weight is 588 g/mol. The van der Waals surface area contributed by atoms with Crippen LogP contribution in [0.15, 0.2) is 82.6 Å². The molecule has 2 aromatic carbocycles. The topological polar surface area (TPSA) is 111 Å². The van der Waals surface area contributed by atoms with Crippen LogP contribution in [0.1, 0.15) is 17.5 Å². The predicted octanol–water partition coefficient (Wildman–Crippen LogP) is 3.67. The summed E-state index contributed by atoms with van der Waals surface area (Å²) in [6, 6.07) is 13.8. The second kappa shape index (κ2) is 11.9. The van der Waals surface area contributed by atoms with Crippen molar-refractivity contribution in [3.8, 4) is 11.5 Å². The zero-order valence-corrected chi connectivity index (χ0v) is 21.9. The molecule has 220 valence electrons. The highest BCUT2D eigenvalue weighted by Crippen LogP contribution is 2.34. The van der Waals surface area contributed by atoms with Crippen LogP contribution in [0.2, 0.25) is 0 Å². The molecule has 14 heteroatoms. The summed E-state index contributed by atoms with van der Waals surface area (Å²) in [5.41, 5.74) is 0.0410. The van der Waals surface area contributed by atoms with Crippen LogP contribution in [-0.2, 0) is 19.6 Å². The quantitative estimate of drug-likeness (QED) is 0.271. The smallest absolute Gasteiger partial charge is 0.452 e. The number of ether oxygens (including phenoxy) is 2. The molecule has 0 saturated heterocycles. The Kier molecular flexibility index (Phi) is 8.15. The summed E-state index contributed by atoms with van der Waals surface area (Å²) in [5, 5.41) is 12.4. The first-order chi connectivity index (χ1) is 20.1. The molecule has 1 aliphatic rings. The number of benzene rings is 2. The minimum Gasteiger partial charge on any atom is -0.452 e. The van der Waals surface area contributed by atoms with E-state index in [-0.39, 0.29) is 49.9 Å². The lowest BCUT2D eigenvalue weighted by atomic mass is 10.2. The monoisotopic (exact) mass is 587 g/mol. The maximum atomic E-state index is 13.8. The van der Waals surface area contributed by atoms with E-state index in [1.807, 2.05) is 0 Å². The number of aliphatic hydroxyl groups excluding tert-OH is 1. The van der Waals surface area contributed by atoms with E-state index in [1.54, 1.807) is 24.5 Å². The van der Waals surface area contributed by atoms with E-state index in [4.69, 9.17) is 4.74 Å². The number of anilines is 2. The van der Waals surface area contributed by atoms with Crippen LogP contribution in [0, 0.1) is 5.82 Å². The van der Waals surface area contributed by atoms with Crippen molar-refractivity contribution in [1.82, 2.24) is 14.1 Å². The first kappa shape index (κ1) is 28.7. The molecule has 4 aromatic rings. The highest BCUT2D eigenvalue weighted by Gasteiger charge is 2.37. The molecule has 2 aromatic heterocycles. The number of pyridine rings is 1. The molecule has 0 saturated carbocycles. The number of fused-ring (bicyclic) bond motifs is 1. The number of alkyl halides is 3. The molecular formula is C28H25F4N5O5. The van der Waals surface area contributed by atoms with Gasteiger partial charge < -0.3 is 24.8 Å². The van der Waals surface area contributed by atoms with Crippen molar-refractivity contribution < 1.29 is 32.1 Å². The van der Waals surface area contributed by atoms with Gasteiger partial charge in [0.2, 0.25) is 0 Å². The average Bonchev–Trinajstić information content (AvgIpc) is 3.29. The van der Waals surface area contributed by atoms with Crippen LogP contribution >= 0.6 is 0 Å². The Labute approximate surface area is 236 Å². The fourth-order valence-electron chi connectivity index (χ4n) is 4.56. The first-order valence-electron chi connectivity index (χ1n) is 12.8. The van der Waals surface area contributed by atoms with Crippen molar-refractivity contribution in [2.45, 2.75) is 38.8 Å². The van der Waals surface area contributed by atoms with Gasteiger partial charge in [-0.3, -0.25) is 18.9 Å². The second-order valence-corrected chi connectivity index (χ2v) is 9.35. The van der Waals surface area contributed by atoms with Gasteiger partial charge in [-0.2, -0.15) is 0 Å². The molecule has 0 fully saturated rings. The van der Waals surface area contributed by atoms with Crippen LogP contribution in [0.3, 0.4) is 0 Å². The lowest BCUT2D eigenvalue weighted by Crippen LogP contribution is -2.44. The number of rotatable bonds is 10. The van der Waals surface area contributed by atoms with Crippen LogP contribution in [-0.4, -0.2) is 38.5 Å². The van der Waals surface area contributed by atoms with Gasteiger partial charge in [-0.1, -0.05) is 18.2 Å². The molecule has 3 heterocycles. The van der Waals surface area contributed by atoms with Crippen molar-refractivity contribution in [2.75, 3.05) is 16.8 Å². The molecule has 0 bridgehead atoms. The van der Waals surface area contributed by atoms with Crippen molar-refractivity contribution in [1.29, 1.82) is 0 Å². The van der Waals surface area contributed by atoms with Crippen LogP contribution in [0.4, 0.5) is 29.1 Å². The molecule has 0 amide bonds. The van der Waals surface area contributed by atoms with Crippen LogP contribution < -0.4 is 30.9 Å². The number of aromatic nitrogens is 3. The molecule has 0 aliphatic carbocycles. The molecule has 42 heavy (non-hydrogen) atoms. The summed E-state index contributed by atoms with van der Waals surface area (Å²) in [6.07, 6.45) is -2.84. The maximum Gasteiger partial charge on any atom is 0.573 e. The zero-order chi connectivity index (χ0) is 29.9. The molecule has 1 unspecified atom stereocenters. The minimum absolute atomic E-state index is 0.00634. The number of halogens is 4. The Bertz CT molecular complexity index is 1660. The Morgan fingerprint density at radius 3 is 2.31 bits per heavy atom. The maximum absolute atomic E-state index is 13.8. The molecule has 1 atom stereocenters. The van der Waals surface area contributed by atoms with Gasteiger partial charge in [-0.25, -0.2) is 9.18 Å². The van der Waals surface area contributed by atoms with E-state index in [0.717, 1.165) is 16.7 Å². The Morgan fingerprint density at radius 1 is 0.929 bits per heavy atom. The molecule has 2 N–H and O–H groups in total. The molecule has 0 radical (unpaired) electrons. The van der Waals surface area contributed by atoms with Gasteiger partial charge in [0.25, 0.3) is 11.9 Å². The highest BCUT2D eigenvalue weighted by atomic mass is 19.4. The van der Waals surface area contributed by atoms with E-state index < -0.39 is 35.5 Å². The first-order valence-corrected chi connectivity index (χ1v) is 12.8. The van der Waals surface area contributed by atoms with E-state index >= 15 is 0 Å². The van der Waals surface area contributed by atoms with Gasteiger partial charge in [-0.05, 0) is 53.9 Å². The molecule has 1 aliphatic heterocycles. The van der Waals surface area contributed by atoms with Crippen molar-refractivity contribution in [3.05, 3.63) is 111 Å². The number of hydrogen-bond donors (Lipinski definition) is 2. The normalized spacial score (nSPS) is 14.4. The van der Waals surface area contributed by atoms with Crippen LogP contribution in [0.5, 0.6) is 11.5 Å². The lowest BCUT2D eigenvalue weighted by molar-refractivity contribution is -0.274. The van der Waals surface area contributed by atoms with E-state index in [9.17, 15) is 32.3 Å². The summed E-state index contributed by atoms with van der Waals surface area (Å²) >= 11 is 0. The van der Waals surface area contributed by atoms with Gasteiger partial charge in [-0.15, -0.1) is 13.2 Å². The summed E-state index contributed by atoms with van der Waals surface area (Å²) in [5.74, 6) is -0.876. The molecule has 10 nitrogen and oxygen atoms in total. The Morgan fingerprint density at radius 2 is 1.62 bits per heavy atom. The van der Waals surface area contributed by atoms with Gasteiger partial charge in [0.15, 0.2) is 0 Å². The summed E-state index contributed by atoms with van der Waals surface area (Å²) < 4.78 is 64.5. The fraction of sp³-hybridized carbons (Fsp3) is 0.250. The number of hydrogen-bond acceptors (Lipinski definition) is 8. The van der Waals surface area contributed by atoms with E-state index in [1.165, 1.54) is 45.9 Å². The summed E-state index contributed by atoms with van der Waals surface area (Å²) in [4.78, 5) is 32.8. The third-order valence-corrected chi connectivity index (χ3v) is 6.42. The predicted molar refractivity (Wildman–Crippen MR) is 144 cm³/mol. The highest BCUT2D eigenvalue weighted by molar-refractivity contribution is 5.72. The van der Waals surface area contributed by atoms with Gasteiger partial charge >= 0.3 is 12.1 Å². The third-order valence-electron chi connectivity index (χ3n) is 6.42. The SMILES string of the molecule is O=c1c2c(n(Cc3ccncc3)c(=O)n1CCCO)NC(Oc1cccc(OC(F)(F)F)c1)N2Cc1ccc(F)cc1. The largest absolute Gasteiger partial charge is 0.573 e. The lowest BCUT2D eigenvalue weighted by Gasteiger charge is -2.26.